The molecule has 0 rings (SSSR count). The Labute approximate surface area is 73.9 Å². The minimum absolute atomic E-state index is 0.242. The Morgan fingerprint density at radius 3 is 2.75 bits per heavy atom. The Hall–Kier alpha value is -0.770. The van der Waals surface area contributed by atoms with Gasteiger partial charge in [-0.2, -0.15) is 0 Å². The van der Waals surface area contributed by atoms with Crippen LogP contribution in [0.25, 0.3) is 0 Å². The van der Waals surface area contributed by atoms with E-state index in [1.807, 2.05) is 7.05 Å². The summed E-state index contributed by atoms with van der Waals surface area (Å²) in [5.41, 5.74) is 0. The van der Waals surface area contributed by atoms with Gasteiger partial charge in [-0.05, 0) is 26.9 Å². The molecule has 0 aliphatic rings. The third kappa shape index (κ3) is 4.96. The van der Waals surface area contributed by atoms with Gasteiger partial charge in [0.25, 0.3) is 0 Å². The summed E-state index contributed by atoms with van der Waals surface area (Å²) in [5.74, 6) is 0. The summed E-state index contributed by atoms with van der Waals surface area (Å²) in [7, 11) is 3.64. The largest absolute Gasteiger partial charge is 0.450 e. The van der Waals surface area contributed by atoms with Gasteiger partial charge in [-0.15, -0.1) is 0 Å². The summed E-state index contributed by atoms with van der Waals surface area (Å²) in [6.45, 7) is 3.90. The summed E-state index contributed by atoms with van der Waals surface area (Å²) in [5, 5.41) is 3.02. The smallest absolute Gasteiger partial charge is 0.409 e. The highest BCUT2D eigenvalue weighted by Gasteiger charge is 2.06. The van der Waals surface area contributed by atoms with E-state index < -0.39 is 0 Å². The summed E-state index contributed by atoms with van der Waals surface area (Å²) in [6.07, 6.45) is 0.708. The van der Waals surface area contributed by atoms with E-state index in [1.54, 1.807) is 18.9 Å². The van der Waals surface area contributed by atoms with Gasteiger partial charge >= 0.3 is 6.09 Å². The zero-order valence-corrected chi connectivity index (χ0v) is 8.09. The molecule has 1 amide bonds. The highest BCUT2D eigenvalue weighted by molar-refractivity contribution is 5.67. The van der Waals surface area contributed by atoms with Crippen LogP contribution < -0.4 is 5.32 Å². The molecule has 0 radical (unpaired) electrons. The molecule has 0 saturated carbocycles. The fourth-order valence-electron chi connectivity index (χ4n) is 0.818. The summed E-state index contributed by atoms with van der Waals surface area (Å²) < 4.78 is 4.80. The van der Waals surface area contributed by atoms with Crippen molar-refractivity contribution < 1.29 is 9.53 Å². The lowest BCUT2D eigenvalue weighted by Crippen LogP contribution is -2.29. The van der Waals surface area contributed by atoms with Gasteiger partial charge in [-0.25, -0.2) is 4.79 Å². The van der Waals surface area contributed by atoms with E-state index in [1.165, 1.54) is 0 Å². The van der Waals surface area contributed by atoms with Gasteiger partial charge in [-0.3, -0.25) is 0 Å². The van der Waals surface area contributed by atoms with Crippen LogP contribution in [0, 0.1) is 0 Å². The first-order valence-electron chi connectivity index (χ1n) is 4.24. The van der Waals surface area contributed by atoms with Crippen LogP contribution in [0.3, 0.4) is 0 Å². The highest BCUT2D eigenvalue weighted by Crippen LogP contribution is 1.91. The van der Waals surface area contributed by atoms with Crippen molar-refractivity contribution in [1.82, 2.24) is 10.2 Å². The number of hydrogen-bond acceptors (Lipinski definition) is 3. The molecule has 0 bridgehead atoms. The molecule has 12 heavy (non-hydrogen) atoms. The summed E-state index contributed by atoms with van der Waals surface area (Å²) in [4.78, 5) is 12.6. The van der Waals surface area contributed by atoms with Crippen LogP contribution in [0.1, 0.15) is 13.3 Å². The number of nitrogens with one attached hydrogen (secondary N) is 1. The first-order valence-corrected chi connectivity index (χ1v) is 4.24. The van der Waals surface area contributed by atoms with Crippen molar-refractivity contribution in [3.05, 3.63) is 0 Å². The molecule has 0 atom stereocenters. The van der Waals surface area contributed by atoms with Crippen LogP contribution in [0.2, 0.25) is 0 Å². The molecule has 4 heteroatoms. The second-order valence-electron chi connectivity index (χ2n) is 2.58. The molecule has 1 N–H and O–H groups in total. The maximum absolute atomic E-state index is 11.0. The molecule has 0 aliphatic carbocycles. The zero-order valence-electron chi connectivity index (χ0n) is 8.09. The Bertz CT molecular complexity index is 128. The quantitative estimate of drug-likeness (QED) is 0.623. The molecular formula is C8H18N2O2. The third-order valence-corrected chi connectivity index (χ3v) is 1.50. The lowest BCUT2D eigenvalue weighted by molar-refractivity contribution is 0.116. The number of nitrogens with zero attached hydrogens (tertiary/aromatic N) is 1. The van der Waals surface area contributed by atoms with E-state index in [2.05, 4.69) is 5.32 Å². The van der Waals surface area contributed by atoms with Crippen LogP contribution in [0.15, 0.2) is 0 Å². The number of hydrogen-bond donors (Lipinski definition) is 1. The molecule has 0 aliphatic heterocycles. The van der Waals surface area contributed by atoms with Crippen molar-refractivity contribution in [3.8, 4) is 0 Å². The number of carbonyl (C=O) groups excluding carboxylic acids is 1. The van der Waals surface area contributed by atoms with E-state index >= 15 is 0 Å². The van der Waals surface area contributed by atoms with E-state index in [9.17, 15) is 4.79 Å². The molecule has 0 unspecified atom stereocenters. The molecule has 0 aromatic rings. The topological polar surface area (TPSA) is 41.6 Å². The fraction of sp³-hybridized carbons (Fsp3) is 0.875. The molecule has 0 spiro atoms. The second-order valence-corrected chi connectivity index (χ2v) is 2.58. The number of amides is 1. The van der Waals surface area contributed by atoms with Gasteiger partial charge in [0.15, 0.2) is 0 Å². The monoisotopic (exact) mass is 174 g/mol. The van der Waals surface area contributed by atoms with E-state index in [0.717, 1.165) is 19.5 Å². The molecule has 0 aromatic carbocycles. The number of rotatable bonds is 5. The van der Waals surface area contributed by atoms with Crippen LogP contribution in [0.5, 0.6) is 0 Å². The van der Waals surface area contributed by atoms with Crippen molar-refractivity contribution >= 4 is 6.09 Å². The minimum atomic E-state index is -0.242. The van der Waals surface area contributed by atoms with Crippen LogP contribution >= 0.6 is 0 Å². The van der Waals surface area contributed by atoms with Crippen LogP contribution in [0.4, 0.5) is 4.79 Å². The van der Waals surface area contributed by atoms with E-state index in [4.69, 9.17) is 4.74 Å². The average Bonchev–Trinajstić information content (AvgIpc) is 2.05. The third-order valence-electron chi connectivity index (χ3n) is 1.50. The van der Waals surface area contributed by atoms with Crippen molar-refractivity contribution in [1.29, 1.82) is 0 Å². The van der Waals surface area contributed by atoms with Crippen LogP contribution in [-0.2, 0) is 4.74 Å². The van der Waals surface area contributed by atoms with Crippen molar-refractivity contribution in [2.75, 3.05) is 33.8 Å². The summed E-state index contributed by atoms with van der Waals surface area (Å²) in [6, 6.07) is 0. The molecule has 72 valence electrons. The Morgan fingerprint density at radius 1 is 1.58 bits per heavy atom. The minimum Gasteiger partial charge on any atom is -0.450 e. The lowest BCUT2D eigenvalue weighted by Gasteiger charge is -2.15. The van der Waals surface area contributed by atoms with E-state index in [0.29, 0.717) is 6.61 Å². The second kappa shape index (κ2) is 6.91. The first kappa shape index (κ1) is 11.2. The predicted molar refractivity (Wildman–Crippen MR) is 48.2 cm³/mol. The molecule has 0 aromatic heterocycles. The van der Waals surface area contributed by atoms with Gasteiger partial charge in [0.2, 0.25) is 0 Å². The van der Waals surface area contributed by atoms with Gasteiger partial charge in [-0.1, -0.05) is 0 Å². The molecule has 0 saturated heterocycles. The Balaban J connectivity index is 3.42. The number of carbonyl (C=O) groups is 1. The van der Waals surface area contributed by atoms with Gasteiger partial charge in [0.1, 0.15) is 0 Å². The van der Waals surface area contributed by atoms with Crippen molar-refractivity contribution in [2.45, 2.75) is 13.3 Å². The van der Waals surface area contributed by atoms with Gasteiger partial charge < -0.3 is 15.0 Å². The van der Waals surface area contributed by atoms with E-state index in [-0.39, 0.29) is 6.09 Å². The molecule has 4 nitrogen and oxygen atoms in total. The molecular weight excluding hydrogens is 156 g/mol. The Kier molecular flexibility index (Phi) is 6.47. The van der Waals surface area contributed by atoms with Crippen molar-refractivity contribution in [2.24, 2.45) is 0 Å². The lowest BCUT2D eigenvalue weighted by atomic mass is 10.4. The predicted octanol–water partition coefficient (Wildman–Crippen LogP) is 0.684. The zero-order chi connectivity index (χ0) is 9.40. The Morgan fingerprint density at radius 2 is 2.25 bits per heavy atom. The maximum Gasteiger partial charge on any atom is 0.409 e. The van der Waals surface area contributed by atoms with Crippen molar-refractivity contribution in [3.63, 3.8) is 0 Å². The average molecular weight is 174 g/mol. The van der Waals surface area contributed by atoms with Crippen LogP contribution in [-0.4, -0.2) is 44.8 Å². The maximum atomic E-state index is 11.0. The molecule has 0 fully saturated rings. The molecule has 0 heterocycles. The first-order chi connectivity index (χ1) is 5.72. The standard InChI is InChI=1S/C8H18N2O2/c1-4-12-8(11)10(3)7-5-6-9-2/h9H,4-7H2,1-3H3. The SMILES string of the molecule is CCOC(=O)N(C)CCCNC. The van der Waals surface area contributed by atoms with Gasteiger partial charge in [0, 0.05) is 13.6 Å². The fourth-order valence-corrected chi connectivity index (χ4v) is 0.818. The highest BCUT2D eigenvalue weighted by atomic mass is 16.5. The summed E-state index contributed by atoms with van der Waals surface area (Å²) >= 11 is 0. The normalized spacial score (nSPS) is 9.58. The van der Waals surface area contributed by atoms with Gasteiger partial charge in [0.05, 0.1) is 6.61 Å². The number of ether oxygens (including phenoxy) is 1.